The Hall–Kier alpha value is -1.45. The van der Waals surface area contributed by atoms with E-state index in [0.717, 1.165) is 13.0 Å². The summed E-state index contributed by atoms with van der Waals surface area (Å²) < 4.78 is 0. The monoisotopic (exact) mass is 363 g/mol. The van der Waals surface area contributed by atoms with E-state index in [1.807, 2.05) is 25.2 Å². The number of carboxylic acid groups (broad SMARTS) is 1. The van der Waals surface area contributed by atoms with Crippen molar-refractivity contribution in [1.82, 2.24) is 10.2 Å². The maximum atomic E-state index is 11.8. The van der Waals surface area contributed by atoms with Gasteiger partial charge in [-0.15, -0.1) is 0 Å². The second-order valence-electron chi connectivity index (χ2n) is 7.32. The first-order chi connectivity index (χ1) is 12.3. The Morgan fingerprint density at radius 2 is 2.12 bits per heavy atom. The zero-order valence-corrected chi connectivity index (χ0v) is 15.3. The number of nitrogens with two attached hydrogens (primary N) is 1. The van der Waals surface area contributed by atoms with Crippen LogP contribution >= 0.6 is 0 Å². The summed E-state index contributed by atoms with van der Waals surface area (Å²) in [4.78, 5) is 13.9. The molecule has 0 radical (unpaired) electrons. The highest BCUT2D eigenvalue weighted by Crippen LogP contribution is 2.30. The molecule has 1 unspecified atom stereocenters. The average Bonchev–Trinajstić information content (AvgIpc) is 2.92. The fourth-order valence-corrected chi connectivity index (χ4v) is 3.78. The quantitative estimate of drug-likeness (QED) is 0.365. The number of rotatable bonds is 10. The summed E-state index contributed by atoms with van der Waals surface area (Å²) >= 11 is 0. The molecule has 2 rings (SSSR count). The molecule has 1 aromatic rings. The van der Waals surface area contributed by atoms with Crippen LogP contribution < -0.4 is 11.1 Å². The van der Waals surface area contributed by atoms with Crippen molar-refractivity contribution < 1.29 is 19.9 Å². The molecule has 1 saturated heterocycles. The molecule has 0 amide bonds. The van der Waals surface area contributed by atoms with Gasteiger partial charge in [0, 0.05) is 31.6 Å². The van der Waals surface area contributed by atoms with Crippen molar-refractivity contribution in [2.24, 2.45) is 11.7 Å². The molecular weight excluding hydrogens is 333 g/mol. The van der Waals surface area contributed by atoms with E-state index in [-0.39, 0.29) is 18.3 Å². The summed E-state index contributed by atoms with van der Waals surface area (Å²) in [5, 5.41) is 30.9. The Balaban J connectivity index is 1.97. The van der Waals surface area contributed by atoms with E-state index in [0.29, 0.717) is 25.9 Å². The third kappa shape index (κ3) is 5.52. The summed E-state index contributed by atoms with van der Waals surface area (Å²) in [5.74, 6) is -1.19. The third-order valence-corrected chi connectivity index (χ3v) is 5.32. The average molecular weight is 363 g/mol. The maximum Gasteiger partial charge on any atom is 0.451 e. The van der Waals surface area contributed by atoms with Gasteiger partial charge in [-0.05, 0) is 31.8 Å². The molecule has 1 fully saturated rings. The number of benzene rings is 1. The molecule has 0 saturated carbocycles. The Morgan fingerprint density at radius 3 is 2.69 bits per heavy atom. The van der Waals surface area contributed by atoms with Crippen LogP contribution in [0.5, 0.6) is 0 Å². The van der Waals surface area contributed by atoms with E-state index >= 15 is 0 Å². The predicted octanol–water partition coefficient (Wildman–Crippen LogP) is -0.216. The van der Waals surface area contributed by atoms with Crippen molar-refractivity contribution >= 4 is 13.1 Å². The van der Waals surface area contributed by atoms with Gasteiger partial charge >= 0.3 is 13.1 Å². The minimum atomic E-state index is -1.36. The molecule has 3 atom stereocenters. The molecule has 0 aliphatic carbocycles. The van der Waals surface area contributed by atoms with Crippen molar-refractivity contribution in [1.29, 1.82) is 0 Å². The fourth-order valence-electron chi connectivity index (χ4n) is 3.78. The van der Waals surface area contributed by atoms with Gasteiger partial charge < -0.3 is 26.2 Å². The normalized spacial score (nSPS) is 24.5. The molecule has 0 bridgehead atoms. The van der Waals surface area contributed by atoms with Crippen LogP contribution in [0.4, 0.5) is 0 Å². The SMILES string of the molecule is CNC(Cc1ccccc1)CN1C[C@H](CCCB(O)O)[C@](N)(C(=O)O)C1. The number of hydrogen-bond acceptors (Lipinski definition) is 6. The molecule has 6 N–H and O–H groups in total. The second kappa shape index (κ2) is 9.48. The smallest absolute Gasteiger partial charge is 0.451 e. The van der Waals surface area contributed by atoms with Gasteiger partial charge in [0.25, 0.3) is 0 Å². The predicted molar refractivity (Wildman–Crippen MR) is 102 cm³/mol. The first-order valence-electron chi connectivity index (χ1n) is 9.17. The summed E-state index contributed by atoms with van der Waals surface area (Å²) in [6, 6.07) is 10.4. The van der Waals surface area contributed by atoms with Gasteiger partial charge in [0.2, 0.25) is 0 Å². The van der Waals surface area contributed by atoms with Gasteiger partial charge in [-0.2, -0.15) is 0 Å². The Labute approximate surface area is 155 Å². The third-order valence-electron chi connectivity index (χ3n) is 5.32. The van der Waals surface area contributed by atoms with Crippen LogP contribution in [0, 0.1) is 5.92 Å². The summed E-state index contributed by atoms with van der Waals surface area (Å²) in [6.07, 6.45) is 2.21. The van der Waals surface area contributed by atoms with Gasteiger partial charge in [0.15, 0.2) is 0 Å². The summed E-state index contributed by atoms with van der Waals surface area (Å²) in [7, 11) is 0.556. The number of carboxylic acids is 1. The minimum Gasteiger partial charge on any atom is -0.480 e. The molecule has 1 heterocycles. The van der Waals surface area contributed by atoms with Crippen LogP contribution in [0.15, 0.2) is 30.3 Å². The fraction of sp³-hybridized carbons (Fsp3) is 0.611. The van der Waals surface area contributed by atoms with Crippen LogP contribution in [0.25, 0.3) is 0 Å². The Morgan fingerprint density at radius 1 is 1.42 bits per heavy atom. The van der Waals surface area contributed by atoms with E-state index < -0.39 is 18.6 Å². The summed E-state index contributed by atoms with van der Waals surface area (Å²) in [6.45, 7) is 1.63. The number of likely N-dealkylation sites (N-methyl/N-ethyl adjacent to an activating group) is 1. The van der Waals surface area contributed by atoms with E-state index in [1.54, 1.807) is 0 Å². The number of nitrogens with zero attached hydrogens (tertiary/aromatic N) is 1. The lowest BCUT2D eigenvalue weighted by molar-refractivity contribution is -0.144. The van der Waals surface area contributed by atoms with Crippen LogP contribution in [0.1, 0.15) is 18.4 Å². The molecular formula is C18H30BN3O4. The van der Waals surface area contributed by atoms with Crippen LogP contribution in [0.2, 0.25) is 6.32 Å². The first kappa shape index (κ1) is 20.9. The molecule has 1 aliphatic heterocycles. The van der Waals surface area contributed by atoms with E-state index in [2.05, 4.69) is 22.3 Å². The highest BCUT2D eigenvalue weighted by Gasteiger charge is 2.49. The van der Waals surface area contributed by atoms with Crippen molar-refractivity contribution in [2.45, 2.75) is 37.2 Å². The molecule has 1 aliphatic rings. The number of carbonyl (C=O) groups is 1. The number of likely N-dealkylation sites (tertiary alicyclic amines) is 1. The molecule has 26 heavy (non-hydrogen) atoms. The molecule has 0 spiro atoms. The van der Waals surface area contributed by atoms with E-state index in [4.69, 9.17) is 15.8 Å². The van der Waals surface area contributed by atoms with Gasteiger partial charge in [-0.25, -0.2) is 0 Å². The lowest BCUT2D eigenvalue weighted by atomic mass is 9.78. The van der Waals surface area contributed by atoms with E-state index in [1.165, 1.54) is 5.56 Å². The zero-order valence-electron chi connectivity index (χ0n) is 15.3. The van der Waals surface area contributed by atoms with Gasteiger partial charge in [0.05, 0.1) is 0 Å². The molecule has 144 valence electrons. The lowest BCUT2D eigenvalue weighted by Crippen LogP contribution is -2.55. The molecule has 7 nitrogen and oxygen atoms in total. The molecule has 1 aromatic carbocycles. The van der Waals surface area contributed by atoms with Crippen molar-refractivity contribution in [2.75, 3.05) is 26.7 Å². The Bertz CT molecular complexity index is 575. The van der Waals surface area contributed by atoms with Gasteiger partial charge in [-0.1, -0.05) is 36.8 Å². The first-order valence-corrected chi connectivity index (χ1v) is 9.17. The summed E-state index contributed by atoms with van der Waals surface area (Å²) in [5.41, 5.74) is 6.18. The van der Waals surface area contributed by atoms with Crippen LogP contribution in [0.3, 0.4) is 0 Å². The van der Waals surface area contributed by atoms with Crippen LogP contribution in [-0.2, 0) is 11.2 Å². The number of aliphatic carboxylic acids is 1. The maximum absolute atomic E-state index is 11.8. The Kier molecular flexibility index (Phi) is 7.61. The standard InChI is InChI=1S/C18H30BN3O4/c1-21-16(10-14-6-3-2-4-7-14)12-22-11-15(8-5-9-19(25)26)18(20,13-22)17(23)24/h2-4,6-7,15-16,21,25-26H,5,8-13,20H2,1H3,(H,23,24)/t15-,16?,18-/m0/s1. The molecule has 8 heteroatoms. The highest BCUT2D eigenvalue weighted by molar-refractivity contribution is 6.40. The minimum absolute atomic E-state index is 0.201. The van der Waals surface area contributed by atoms with E-state index in [9.17, 15) is 9.90 Å². The van der Waals surface area contributed by atoms with Crippen LogP contribution in [-0.4, -0.2) is 71.4 Å². The van der Waals surface area contributed by atoms with Crippen molar-refractivity contribution in [3.63, 3.8) is 0 Å². The largest absolute Gasteiger partial charge is 0.480 e. The van der Waals surface area contributed by atoms with Crippen molar-refractivity contribution in [3.05, 3.63) is 35.9 Å². The highest BCUT2D eigenvalue weighted by atomic mass is 16.4. The van der Waals surface area contributed by atoms with Crippen molar-refractivity contribution in [3.8, 4) is 0 Å². The lowest BCUT2D eigenvalue weighted by Gasteiger charge is -2.26. The topological polar surface area (TPSA) is 119 Å². The van der Waals surface area contributed by atoms with Gasteiger partial charge in [0.1, 0.15) is 5.54 Å². The second-order valence-corrected chi connectivity index (χ2v) is 7.32. The number of nitrogens with one attached hydrogen (secondary N) is 1. The molecule has 0 aromatic heterocycles. The zero-order chi connectivity index (χ0) is 19.2. The van der Waals surface area contributed by atoms with Gasteiger partial charge in [-0.3, -0.25) is 9.69 Å². The number of hydrogen-bond donors (Lipinski definition) is 5.